The lowest BCUT2D eigenvalue weighted by Gasteiger charge is -2.28. The molecule has 0 fully saturated rings. The third kappa shape index (κ3) is 3.60. The number of rotatable bonds is 6. The second-order valence-corrected chi connectivity index (χ2v) is 5.64. The minimum atomic E-state index is -2.45. The van der Waals surface area contributed by atoms with Crippen molar-refractivity contribution in [1.82, 2.24) is 0 Å². The molecule has 0 amide bonds. The summed E-state index contributed by atoms with van der Waals surface area (Å²) >= 11 is 6.27. The van der Waals surface area contributed by atoms with E-state index in [2.05, 4.69) is 4.74 Å². The van der Waals surface area contributed by atoms with Crippen molar-refractivity contribution in [2.24, 2.45) is 0 Å². The molecule has 0 aromatic heterocycles. The van der Waals surface area contributed by atoms with E-state index in [1.165, 1.54) is 12.1 Å². The lowest BCUT2D eigenvalue weighted by atomic mass is 9.86. The first-order valence-corrected chi connectivity index (χ1v) is 7.52. The fourth-order valence-electron chi connectivity index (χ4n) is 2.30. The van der Waals surface area contributed by atoms with E-state index in [1.54, 1.807) is 30.3 Å². The molecule has 120 valence electrons. The van der Waals surface area contributed by atoms with Crippen LogP contribution in [0.2, 0.25) is 0 Å². The Balaban J connectivity index is 2.35. The van der Waals surface area contributed by atoms with Crippen molar-refractivity contribution in [1.29, 1.82) is 0 Å². The van der Waals surface area contributed by atoms with E-state index in [9.17, 15) is 14.7 Å². The number of ether oxygens (including phenoxy) is 1. The Kier molecular flexibility index (Phi) is 5.53. The molecule has 23 heavy (non-hydrogen) atoms. The van der Waals surface area contributed by atoms with Gasteiger partial charge in [-0.3, -0.25) is 4.79 Å². The molecule has 5 heteroatoms. The minimum Gasteiger partial charge on any atom is -0.466 e. The normalized spacial score (nSPS) is 14.6. The van der Waals surface area contributed by atoms with E-state index >= 15 is 0 Å². The molecule has 0 saturated heterocycles. The number of aliphatic hydroxyl groups is 1. The van der Waals surface area contributed by atoms with Gasteiger partial charge in [-0.2, -0.15) is 0 Å². The average molecular weight is 333 g/mol. The predicted molar refractivity (Wildman–Crippen MR) is 87.5 cm³/mol. The molecule has 4 nitrogen and oxygen atoms in total. The van der Waals surface area contributed by atoms with Crippen molar-refractivity contribution in [3.63, 3.8) is 0 Å². The first-order chi connectivity index (χ1) is 11.0. The first kappa shape index (κ1) is 17.2. The Labute approximate surface area is 139 Å². The molecule has 0 saturated carbocycles. The molecule has 0 bridgehead atoms. The van der Waals surface area contributed by atoms with Gasteiger partial charge in [0.15, 0.2) is 0 Å². The zero-order valence-electron chi connectivity index (χ0n) is 12.6. The van der Waals surface area contributed by atoms with Crippen LogP contribution in [0.15, 0.2) is 60.7 Å². The smallest absolute Gasteiger partial charge is 0.347 e. The summed E-state index contributed by atoms with van der Waals surface area (Å²) in [5.74, 6) is -1.84. The third-order valence-electron chi connectivity index (χ3n) is 3.59. The van der Waals surface area contributed by atoms with E-state index in [0.29, 0.717) is 0 Å². The Morgan fingerprint density at radius 2 is 1.61 bits per heavy atom. The zero-order chi connectivity index (χ0) is 16.9. The van der Waals surface area contributed by atoms with Crippen molar-refractivity contribution >= 4 is 23.4 Å². The molecule has 2 aromatic carbocycles. The predicted octanol–water partition coefficient (Wildman–Crippen LogP) is 2.62. The van der Waals surface area contributed by atoms with Crippen LogP contribution in [0, 0.1) is 0 Å². The Bertz CT molecular complexity index is 672. The van der Waals surface area contributed by atoms with Gasteiger partial charge in [0.25, 0.3) is 0 Å². The molecule has 0 unspecified atom stereocenters. The lowest BCUT2D eigenvalue weighted by molar-refractivity contribution is -0.157. The molecule has 0 radical (unpaired) electrons. The summed E-state index contributed by atoms with van der Waals surface area (Å²) < 4.78 is 4.62. The molecular formula is C18H17ClO4. The number of hydrogen-bond acceptors (Lipinski definition) is 4. The van der Waals surface area contributed by atoms with Gasteiger partial charge in [-0.25, -0.2) is 4.79 Å². The molecular weight excluding hydrogens is 316 g/mol. The number of carbonyl (C=O) groups is 2. The van der Waals surface area contributed by atoms with Crippen molar-refractivity contribution in [2.75, 3.05) is 7.11 Å². The topological polar surface area (TPSA) is 63.6 Å². The molecule has 1 N–H and O–H groups in total. The quantitative estimate of drug-likeness (QED) is 0.382. The molecule has 0 aliphatic carbocycles. The van der Waals surface area contributed by atoms with Crippen LogP contribution in [0.3, 0.4) is 0 Å². The van der Waals surface area contributed by atoms with Crippen LogP contribution in [-0.2, 0) is 16.0 Å². The van der Waals surface area contributed by atoms with Crippen LogP contribution in [0.5, 0.6) is 0 Å². The van der Waals surface area contributed by atoms with Crippen LogP contribution in [0.25, 0.3) is 0 Å². The molecule has 2 rings (SSSR count). The van der Waals surface area contributed by atoms with E-state index < -0.39 is 22.7 Å². The maximum absolute atomic E-state index is 12.7. The molecule has 2 aromatic rings. The number of Topliss-reactive ketones (excluding diaryl/α,β-unsaturated/α-hetero) is 1. The Hall–Kier alpha value is -2.17. The average Bonchev–Trinajstić information content (AvgIpc) is 2.61. The monoisotopic (exact) mass is 332 g/mol. The highest BCUT2D eigenvalue weighted by Crippen LogP contribution is 2.26. The van der Waals surface area contributed by atoms with E-state index in [-0.39, 0.29) is 12.0 Å². The maximum Gasteiger partial charge on any atom is 0.347 e. The highest BCUT2D eigenvalue weighted by molar-refractivity contribution is 6.29. The van der Waals surface area contributed by atoms with Gasteiger partial charge < -0.3 is 9.84 Å². The third-order valence-corrected chi connectivity index (χ3v) is 4.06. The number of esters is 1. The van der Waals surface area contributed by atoms with Crippen molar-refractivity contribution in [3.05, 3.63) is 71.8 Å². The summed E-state index contributed by atoms with van der Waals surface area (Å²) in [7, 11) is 1.11. The minimum absolute atomic E-state index is 0.145. The standard InChI is InChI=1S/C18H17ClO4/c1-23-17(21)18(22,16(20)14-10-6-3-7-11-14)15(19)12-13-8-4-2-5-9-13/h2-11,15,22H,12H2,1H3/t15-,18-/m0/s1. The number of alkyl halides is 1. The van der Waals surface area contributed by atoms with Gasteiger partial charge >= 0.3 is 5.97 Å². The molecule has 0 aliphatic rings. The second-order valence-electron chi connectivity index (χ2n) is 5.11. The number of methoxy groups -OCH3 is 1. The van der Waals surface area contributed by atoms with Crippen molar-refractivity contribution in [2.45, 2.75) is 17.4 Å². The van der Waals surface area contributed by atoms with Gasteiger partial charge in [0.1, 0.15) is 0 Å². The van der Waals surface area contributed by atoms with Crippen LogP contribution in [0.1, 0.15) is 15.9 Å². The van der Waals surface area contributed by atoms with E-state index in [0.717, 1.165) is 12.7 Å². The largest absolute Gasteiger partial charge is 0.466 e. The highest BCUT2D eigenvalue weighted by atomic mass is 35.5. The summed E-state index contributed by atoms with van der Waals surface area (Å²) in [6.07, 6.45) is 0.145. The van der Waals surface area contributed by atoms with Gasteiger partial charge in [0.2, 0.25) is 11.4 Å². The first-order valence-electron chi connectivity index (χ1n) is 7.08. The number of carbonyl (C=O) groups excluding carboxylic acids is 2. The SMILES string of the molecule is COC(=O)[C@@](O)(C(=O)c1ccccc1)[C@@H](Cl)Cc1ccccc1. The summed E-state index contributed by atoms with van der Waals surface area (Å²) in [5, 5.41) is 9.61. The number of hydrogen-bond donors (Lipinski definition) is 1. The van der Waals surface area contributed by atoms with Crippen LogP contribution >= 0.6 is 11.6 Å². The highest BCUT2D eigenvalue weighted by Gasteiger charge is 2.51. The summed E-state index contributed by atoms with van der Waals surface area (Å²) in [4.78, 5) is 24.8. The second kappa shape index (κ2) is 7.40. The van der Waals surface area contributed by atoms with Crippen LogP contribution < -0.4 is 0 Å². The van der Waals surface area contributed by atoms with Gasteiger partial charge in [0.05, 0.1) is 12.5 Å². The maximum atomic E-state index is 12.7. The van der Waals surface area contributed by atoms with Crippen LogP contribution in [0.4, 0.5) is 0 Å². The number of ketones is 1. The molecule has 0 aliphatic heterocycles. The van der Waals surface area contributed by atoms with E-state index in [1.807, 2.05) is 18.2 Å². The van der Waals surface area contributed by atoms with Gasteiger partial charge in [-0.15, -0.1) is 11.6 Å². The molecule has 0 spiro atoms. The fourth-order valence-corrected chi connectivity index (χ4v) is 2.66. The summed E-state index contributed by atoms with van der Waals surface area (Å²) in [5.41, 5.74) is -1.46. The molecule has 0 heterocycles. The van der Waals surface area contributed by atoms with Gasteiger partial charge in [0, 0.05) is 5.56 Å². The van der Waals surface area contributed by atoms with Crippen molar-refractivity contribution < 1.29 is 19.4 Å². The van der Waals surface area contributed by atoms with Gasteiger partial charge in [-0.05, 0) is 12.0 Å². The lowest BCUT2D eigenvalue weighted by Crippen LogP contribution is -2.55. The Morgan fingerprint density at radius 1 is 1.09 bits per heavy atom. The van der Waals surface area contributed by atoms with Crippen molar-refractivity contribution in [3.8, 4) is 0 Å². The van der Waals surface area contributed by atoms with Gasteiger partial charge in [-0.1, -0.05) is 60.7 Å². The van der Waals surface area contributed by atoms with E-state index in [4.69, 9.17) is 11.6 Å². The summed E-state index contributed by atoms with van der Waals surface area (Å²) in [6.45, 7) is 0. The number of halogens is 1. The zero-order valence-corrected chi connectivity index (χ0v) is 13.4. The Morgan fingerprint density at radius 3 is 2.13 bits per heavy atom. The fraction of sp³-hybridized carbons (Fsp3) is 0.222. The number of benzene rings is 2. The summed E-state index contributed by atoms with van der Waals surface area (Å²) in [6, 6.07) is 17.1. The van der Waals surface area contributed by atoms with Crippen LogP contribution in [-0.4, -0.2) is 34.9 Å². The molecule has 2 atom stereocenters.